The van der Waals surface area contributed by atoms with E-state index in [1.165, 1.54) is 50.9 Å². The van der Waals surface area contributed by atoms with Gasteiger partial charge in [-0.1, -0.05) is 75.2 Å². The third-order valence-electron chi connectivity index (χ3n) is 5.13. The molecule has 3 rings (SSSR count). The third kappa shape index (κ3) is 8.58. The fraction of sp³-hybridized carbons (Fsp3) is 0.333. The minimum absolute atomic E-state index is 0.0910. The van der Waals surface area contributed by atoms with Crippen molar-refractivity contribution in [1.82, 2.24) is 4.98 Å². The monoisotopic (exact) mass is 501 g/mol. The van der Waals surface area contributed by atoms with Gasteiger partial charge in [-0.2, -0.15) is 13.2 Å². The molecule has 0 aliphatic carbocycles. The molecule has 0 unspecified atom stereocenters. The number of hydrogen-bond donors (Lipinski definition) is 1. The Bertz CT molecular complexity index is 1110. The summed E-state index contributed by atoms with van der Waals surface area (Å²) < 4.78 is 39.4. The van der Waals surface area contributed by atoms with Crippen LogP contribution in [-0.2, 0) is 6.18 Å². The highest BCUT2D eigenvalue weighted by Gasteiger charge is 2.35. The Morgan fingerprint density at radius 2 is 1.60 bits per heavy atom. The van der Waals surface area contributed by atoms with Gasteiger partial charge in [0.25, 0.3) is 0 Å². The maximum Gasteiger partial charge on any atom is 0.417 e. The first kappa shape index (κ1) is 28.2. The number of nitrogens with two attached hydrogens (primary N) is 1. The summed E-state index contributed by atoms with van der Waals surface area (Å²) in [6.45, 7) is 7.15. The Morgan fingerprint density at radius 3 is 2.17 bits per heavy atom. The summed E-state index contributed by atoms with van der Waals surface area (Å²) in [5, 5.41) is 13.5. The average Bonchev–Trinajstić information content (AvgIpc) is 3.35. The fourth-order valence-electron chi connectivity index (χ4n) is 3.23. The largest absolute Gasteiger partial charge is 0.763 e. The van der Waals surface area contributed by atoms with Crippen LogP contribution in [-0.4, -0.2) is 29.7 Å². The number of rotatable bonds is 10. The van der Waals surface area contributed by atoms with E-state index in [9.17, 15) is 23.4 Å². The van der Waals surface area contributed by atoms with Crippen molar-refractivity contribution in [3.63, 3.8) is 0 Å². The van der Waals surface area contributed by atoms with Crippen LogP contribution < -0.4 is 5.32 Å². The van der Waals surface area contributed by atoms with E-state index in [1.807, 2.05) is 30.3 Å². The van der Waals surface area contributed by atoms with Crippen LogP contribution in [0.5, 0.6) is 0 Å². The topological polar surface area (TPSA) is 68.9 Å². The molecule has 0 spiro atoms. The van der Waals surface area contributed by atoms with Crippen molar-refractivity contribution in [2.45, 2.75) is 45.7 Å². The molecule has 0 aliphatic heterocycles. The Balaban J connectivity index is 0.000000410. The molecule has 0 atom stereocenters. The lowest BCUT2D eigenvalue weighted by atomic mass is 9.99. The van der Waals surface area contributed by atoms with Crippen molar-refractivity contribution in [2.24, 2.45) is 0 Å². The normalized spacial score (nSPS) is 10.8. The van der Waals surface area contributed by atoms with Gasteiger partial charge in [0.2, 0.25) is 5.78 Å². The third-order valence-corrected chi connectivity index (χ3v) is 5.99. The summed E-state index contributed by atoms with van der Waals surface area (Å²) in [4.78, 5) is 16.8. The number of carbonyl (C=O) groups is 1. The quantitative estimate of drug-likeness (QED) is 0.149. The number of benzene rings is 2. The number of quaternary nitrogens is 1. The molecule has 0 amide bonds. The first-order valence-corrected chi connectivity index (χ1v) is 12.5. The first-order chi connectivity index (χ1) is 16.8. The SMILES string of the molecule is CCCC[NH2+]CCCC.[N-]=C=C(C(=O)c1ccccc1C(F)(F)F)c1nc(-c2ccccc2)cs1. The molecule has 0 saturated heterocycles. The van der Waals surface area contributed by atoms with E-state index < -0.39 is 28.7 Å². The molecule has 1 heterocycles. The Labute approximate surface area is 208 Å². The summed E-state index contributed by atoms with van der Waals surface area (Å²) >= 11 is 1.04. The van der Waals surface area contributed by atoms with E-state index >= 15 is 0 Å². The summed E-state index contributed by atoms with van der Waals surface area (Å²) in [6.07, 6.45) is 0.740. The summed E-state index contributed by atoms with van der Waals surface area (Å²) in [5.41, 5.74) is -0.704. The highest BCUT2D eigenvalue weighted by atomic mass is 32.1. The molecule has 0 saturated carbocycles. The van der Waals surface area contributed by atoms with Gasteiger partial charge in [0.15, 0.2) is 0 Å². The van der Waals surface area contributed by atoms with E-state index in [2.05, 4.69) is 24.1 Å². The van der Waals surface area contributed by atoms with E-state index in [0.29, 0.717) is 5.69 Å². The van der Waals surface area contributed by atoms with Crippen molar-refractivity contribution in [2.75, 3.05) is 13.1 Å². The smallest absolute Gasteiger partial charge is 0.417 e. The Kier molecular flexibility index (Phi) is 11.6. The average molecular weight is 502 g/mol. The van der Waals surface area contributed by atoms with Gasteiger partial charge in [0, 0.05) is 16.5 Å². The number of thiazole rings is 1. The van der Waals surface area contributed by atoms with Crippen LogP contribution >= 0.6 is 11.3 Å². The predicted molar refractivity (Wildman–Crippen MR) is 137 cm³/mol. The van der Waals surface area contributed by atoms with E-state index in [1.54, 1.807) is 11.2 Å². The minimum Gasteiger partial charge on any atom is -0.763 e. The van der Waals surface area contributed by atoms with Crippen LogP contribution in [0.3, 0.4) is 0 Å². The number of aromatic nitrogens is 1. The van der Waals surface area contributed by atoms with Crippen LogP contribution in [0.15, 0.2) is 60.0 Å². The maximum absolute atomic E-state index is 13.1. The molecule has 35 heavy (non-hydrogen) atoms. The predicted octanol–water partition coefficient (Wildman–Crippen LogP) is 6.48. The number of nitrogens with zero attached hydrogens (tertiary/aromatic N) is 2. The molecule has 4 nitrogen and oxygen atoms in total. The highest BCUT2D eigenvalue weighted by molar-refractivity contribution is 7.11. The minimum atomic E-state index is -4.69. The standard InChI is InChI=1S/C19H10F3N2OS.C8H19N/c20-19(21,22)15-9-5-4-8-13(15)17(25)14(10-23)18-24-16(11-26-18)12-6-2-1-3-7-12;1-3-5-7-9-8-6-4-2/h1-9,11H;9H,3-8H2,1-2H3/q-1;/p+1. The number of halogens is 3. The molecule has 8 heteroatoms. The van der Waals surface area contributed by atoms with Crippen LogP contribution in [0, 0.1) is 0 Å². The van der Waals surface area contributed by atoms with Gasteiger partial charge < -0.3 is 10.7 Å². The molecule has 0 fully saturated rings. The van der Waals surface area contributed by atoms with Crippen molar-refractivity contribution < 1.29 is 23.3 Å². The molecule has 2 N–H and O–H groups in total. The van der Waals surface area contributed by atoms with Gasteiger partial charge in [0.05, 0.1) is 29.9 Å². The number of alkyl halides is 3. The van der Waals surface area contributed by atoms with Crippen LogP contribution in [0.1, 0.15) is 60.5 Å². The van der Waals surface area contributed by atoms with Gasteiger partial charge >= 0.3 is 6.18 Å². The number of ketones is 1. The van der Waals surface area contributed by atoms with Crippen LogP contribution in [0.25, 0.3) is 22.2 Å². The second-order valence-electron chi connectivity index (χ2n) is 7.84. The maximum atomic E-state index is 13.1. The summed E-state index contributed by atoms with van der Waals surface area (Å²) in [5.74, 6) is 0.716. The number of unbranched alkanes of at least 4 members (excludes halogenated alkanes) is 2. The van der Waals surface area contributed by atoms with E-state index in [4.69, 9.17) is 0 Å². The molecule has 0 radical (unpaired) electrons. The van der Waals surface area contributed by atoms with Crippen molar-refractivity contribution >= 4 is 28.6 Å². The van der Waals surface area contributed by atoms with Crippen molar-refractivity contribution in [3.8, 4) is 11.3 Å². The van der Waals surface area contributed by atoms with Gasteiger partial charge in [-0.05, 0) is 18.9 Å². The molecule has 2 aromatic carbocycles. The number of allylic oxidation sites excluding steroid dienone is 1. The van der Waals surface area contributed by atoms with Gasteiger partial charge in [-0.15, -0.1) is 11.3 Å². The zero-order valence-corrected chi connectivity index (χ0v) is 20.8. The molecule has 3 aromatic rings. The van der Waals surface area contributed by atoms with E-state index in [0.717, 1.165) is 29.0 Å². The van der Waals surface area contributed by atoms with Gasteiger partial charge in [-0.3, -0.25) is 10.7 Å². The summed E-state index contributed by atoms with van der Waals surface area (Å²) in [6, 6.07) is 13.5. The van der Waals surface area contributed by atoms with Crippen molar-refractivity contribution in [1.29, 1.82) is 0 Å². The van der Waals surface area contributed by atoms with E-state index in [-0.39, 0.29) is 5.01 Å². The molecule has 186 valence electrons. The zero-order valence-electron chi connectivity index (χ0n) is 19.9. The lowest BCUT2D eigenvalue weighted by molar-refractivity contribution is -0.655. The van der Waals surface area contributed by atoms with Gasteiger partial charge in [-0.25, -0.2) is 4.98 Å². The Morgan fingerprint density at radius 1 is 1.00 bits per heavy atom. The number of hydrogen-bond acceptors (Lipinski definition) is 3. The number of carbonyl (C=O) groups excluding carboxylic acids is 1. The fourth-order valence-corrected chi connectivity index (χ4v) is 4.05. The molecular weight excluding hydrogens is 471 g/mol. The van der Waals surface area contributed by atoms with Crippen LogP contribution in [0.4, 0.5) is 13.2 Å². The lowest BCUT2D eigenvalue weighted by Gasteiger charge is -2.12. The molecule has 0 aliphatic rings. The Hall–Kier alpha value is -3.06. The zero-order chi connectivity index (χ0) is 25.7. The van der Waals surface area contributed by atoms with Crippen molar-refractivity contribution in [3.05, 3.63) is 81.5 Å². The van der Waals surface area contributed by atoms with Gasteiger partial charge in [0.1, 0.15) is 5.01 Å². The number of Topliss-reactive ketones (excluding diaryl/α,β-unsaturated/α-hetero) is 1. The second kappa shape index (κ2) is 14.4. The molecule has 1 aromatic heterocycles. The first-order valence-electron chi connectivity index (χ1n) is 11.6. The second-order valence-corrected chi connectivity index (χ2v) is 8.69. The van der Waals surface area contributed by atoms with Crippen LogP contribution in [0.2, 0.25) is 0 Å². The molecular formula is C27H30F3N3OS. The highest BCUT2D eigenvalue weighted by Crippen LogP contribution is 2.34. The lowest BCUT2D eigenvalue weighted by Crippen LogP contribution is -2.84. The summed E-state index contributed by atoms with van der Waals surface area (Å²) in [7, 11) is 0. The molecule has 0 bridgehead atoms.